The number of thiophene rings is 1. The number of aromatic nitrogens is 4. The predicted octanol–water partition coefficient (Wildman–Crippen LogP) is 4.11. The number of carbonyl (C=O) groups is 1. The summed E-state index contributed by atoms with van der Waals surface area (Å²) < 4.78 is 1.31. The van der Waals surface area contributed by atoms with E-state index in [-0.39, 0.29) is 33.6 Å². The van der Waals surface area contributed by atoms with E-state index in [0.29, 0.717) is 17.0 Å². The molecule has 12 heteroatoms. The van der Waals surface area contributed by atoms with Crippen LogP contribution in [0.1, 0.15) is 21.6 Å². The zero-order valence-corrected chi connectivity index (χ0v) is 18.3. The standard InChI is InChI=1S/C20H15ClN6O4S/c1-10-11(2)22-20(24-18(10)28)26-17(9-14(25-26)16-4-3-7-32-16)23-19(29)12-5-6-13(21)15(8-12)27(30)31/h3-9H,1-2H3,(H,23,29)(H,22,24,28). The highest BCUT2D eigenvalue weighted by Crippen LogP contribution is 2.29. The number of carbonyl (C=O) groups excluding carboxylic acids is 1. The molecule has 32 heavy (non-hydrogen) atoms. The van der Waals surface area contributed by atoms with Crippen LogP contribution in [0, 0.1) is 24.0 Å². The maximum absolute atomic E-state index is 12.9. The van der Waals surface area contributed by atoms with Crippen LogP contribution in [0.25, 0.3) is 16.5 Å². The van der Waals surface area contributed by atoms with E-state index in [0.717, 1.165) is 10.9 Å². The summed E-state index contributed by atoms with van der Waals surface area (Å²) in [5.74, 6) is -0.268. The van der Waals surface area contributed by atoms with Crippen LogP contribution in [-0.4, -0.2) is 30.6 Å². The zero-order chi connectivity index (χ0) is 23.0. The minimum absolute atomic E-state index is 0.0352. The fourth-order valence-corrected chi connectivity index (χ4v) is 3.76. The van der Waals surface area contributed by atoms with Crippen LogP contribution in [0.3, 0.4) is 0 Å². The van der Waals surface area contributed by atoms with Gasteiger partial charge in [0.15, 0.2) is 0 Å². The van der Waals surface area contributed by atoms with Gasteiger partial charge in [-0.05, 0) is 37.4 Å². The third-order valence-corrected chi connectivity index (χ3v) is 5.92. The number of aromatic amines is 1. The number of nitrogens with one attached hydrogen (secondary N) is 2. The number of H-pyrrole nitrogens is 1. The summed E-state index contributed by atoms with van der Waals surface area (Å²) >= 11 is 7.29. The fraction of sp³-hybridized carbons (Fsp3) is 0.100. The fourth-order valence-electron chi connectivity index (χ4n) is 2.89. The van der Waals surface area contributed by atoms with Crippen LogP contribution in [0.2, 0.25) is 5.02 Å². The summed E-state index contributed by atoms with van der Waals surface area (Å²) in [4.78, 5) is 43.5. The normalized spacial score (nSPS) is 10.8. The number of anilines is 1. The first-order chi connectivity index (χ1) is 15.2. The first-order valence-electron chi connectivity index (χ1n) is 9.21. The van der Waals surface area contributed by atoms with Crippen molar-refractivity contribution in [3.63, 3.8) is 0 Å². The third-order valence-electron chi connectivity index (χ3n) is 4.71. The molecule has 0 saturated carbocycles. The predicted molar refractivity (Wildman–Crippen MR) is 121 cm³/mol. The molecule has 0 saturated heterocycles. The van der Waals surface area contributed by atoms with Crippen molar-refractivity contribution in [3.05, 3.63) is 84.1 Å². The van der Waals surface area contributed by atoms with E-state index in [9.17, 15) is 19.7 Å². The van der Waals surface area contributed by atoms with Crippen molar-refractivity contribution in [3.8, 4) is 16.5 Å². The highest BCUT2D eigenvalue weighted by atomic mass is 35.5. The van der Waals surface area contributed by atoms with Gasteiger partial charge in [0.1, 0.15) is 16.5 Å². The van der Waals surface area contributed by atoms with E-state index >= 15 is 0 Å². The topological polar surface area (TPSA) is 136 Å². The Morgan fingerprint density at radius 3 is 2.72 bits per heavy atom. The molecule has 4 aromatic rings. The van der Waals surface area contributed by atoms with Crippen molar-refractivity contribution in [1.29, 1.82) is 0 Å². The highest BCUT2D eigenvalue weighted by Gasteiger charge is 2.20. The largest absolute Gasteiger partial charge is 0.306 e. The molecular formula is C20H15ClN6O4S. The van der Waals surface area contributed by atoms with E-state index in [1.165, 1.54) is 28.2 Å². The summed E-state index contributed by atoms with van der Waals surface area (Å²) in [6.45, 7) is 3.35. The van der Waals surface area contributed by atoms with E-state index in [1.54, 1.807) is 19.9 Å². The van der Waals surface area contributed by atoms with Crippen molar-refractivity contribution in [1.82, 2.24) is 19.7 Å². The molecule has 0 fully saturated rings. The lowest BCUT2D eigenvalue weighted by Crippen LogP contribution is -2.20. The second-order valence-electron chi connectivity index (χ2n) is 6.78. The molecular weight excluding hydrogens is 456 g/mol. The summed E-state index contributed by atoms with van der Waals surface area (Å²) in [5, 5.41) is 20.1. The number of hydrogen-bond donors (Lipinski definition) is 2. The Morgan fingerprint density at radius 1 is 1.28 bits per heavy atom. The van der Waals surface area contributed by atoms with E-state index in [1.807, 2.05) is 17.5 Å². The number of rotatable bonds is 5. The van der Waals surface area contributed by atoms with E-state index in [4.69, 9.17) is 11.6 Å². The van der Waals surface area contributed by atoms with Crippen molar-refractivity contribution in [2.75, 3.05) is 5.32 Å². The summed E-state index contributed by atoms with van der Waals surface area (Å²) in [6.07, 6.45) is 0. The lowest BCUT2D eigenvalue weighted by Gasteiger charge is -2.09. The molecule has 1 amide bonds. The van der Waals surface area contributed by atoms with Gasteiger partial charge in [-0.2, -0.15) is 9.78 Å². The lowest BCUT2D eigenvalue weighted by atomic mass is 10.2. The van der Waals surface area contributed by atoms with Gasteiger partial charge in [-0.25, -0.2) is 4.98 Å². The van der Waals surface area contributed by atoms with E-state index < -0.39 is 10.8 Å². The van der Waals surface area contributed by atoms with Gasteiger partial charge in [0.05, 0.1) is 9.80 Å². The maximum atomic E-state index is 12.9. The zero-order valence-electron chi connectivity index (χ0n) is 16.7. The van der Waals surface area contributed by atoms with Crippen molar-refractivity contribution >= 4 is 40.4 Å². The molecule has 0 radical (unpaired) electrons. The molecule has 0 bridgehead atoms. The number of nitro groups is 1. The van der Waals surface area contributed by atoms with Gasteiger partial charge in [0, 0.05) is 29.0 Å². The smallest absolute Gasteiger partial charge is 0.288 e. The van der Waals surface area contributed by atoms with Crippen LogP contribution in [0.15, 0.2) is 46.6 Å². The van der Waals surface area contributed by atoms with Crippen LogP contribution in [-0.2, 0) is 0 Å². The molecule has 3 aromatic heterocycles. The Balaban J connectivity index is 1.78. The van der Waals surface area contributed by atoms with Gasteiger partial charge >= 0.3 is 0 Å². The highest BCUT2D eigenvalue weighted by molar-refractivity contribution is 7.13. The van der Waals surface area contributed by atoms with Crippen molar-refractivity contribution in [2.45, 2.75) is 13.8 Å². The van der Waals surface area contributed by atoms with Crippen LogP contribution >= 0.6 is 22.9 Å². The van der Waals surface area contributed by atoms with Crippen LogP contribution in [0.5, 0.6) is 0 Å². The molecule has 162 valence electrons. The number of nitro benzene ring substituents is 1. The average Bonchev–Trinajstić information content (AvgIpc) is 3.41. The summed E-state index contributed by atoms with van der Waals surface area (Å²) in [5.41, 5.74) is 0.867. The minimum atomic E-state index is -0.665. The molecule has 0 aliphatic heterocycles. The van der Waals surface area contributed by atoms with Crippen LogP contribution in [0.4, 0.5) is 11.5 Å². The lowest BCUT2D eigenvalue weighted by molar-refractivity contribution is -0.384. The SMILES string of the molecule is Cc1nc(-n2nc(-c3cccs3)cc2NC(=O)c2ccc(Cl)c([N+](=O)[O-])c2)[nH]c(=O)c1C. The second kappa shape index (κ2) is 8.36. The van der Waals surface area contributed by atoms with Gasteiger partial charge in [0.2, 0.25) is 5.95 Å². The number of nitrogens with zero attached hydrogens (tertiary/aromatic N) is 4. The Hall–Kier alpha value is -3.83. The Labute approximate surface area is 189 Å². The Morgan fingerprint density at radius 2 is 2.06 bits per heavy atom. The maximum Gasteiger partial charge on any atom is 0.288 e. The van der Waals surface area contributed by atoms with Crippen LogP contribution < -0.4 is 10.9 Å². The van der Waals surface area contributed by atoms with Gasteiger partial charge in [-0.1, -0.05) is 17.7 Å². The Bertz CT molecular complexity index is 1410. The summed E-state index contributed by atoms with van der Waals surface area (Å²) in [7, 11) is 0. The first-order valence-corrected chi connectivity index (χ1v) is 10.5. The van der Waals surface area contributed by atoms with Gasteiger partial charge in [-0.3, -0.25) is 24.7 Å². The van der Waals surface area contributed by atoms with Crippen molar-refractivity contribution < 1.29 is 9.72 Å². The minimum Gasteiger partial charge on any atom is -0.306 e. The van der Waals surface area contributed by atoms with Crippen molar-refractivity contribution in [2.24, 2.45) is 0 Å². The number of aryl methyl sites for hydroxylation is 1. The number of amides is 1. The van der Waals surface area contributed by atoms with E-state index in [2.05, 4.69) is 20.4 Å². The quantitative estimate of drug-likeness (QED) is 0.332. The average molecular weight is 471 g/mol. The third kappa shape index (κ3) is 4.03. The molecule has 1 aromatic carbocycles. The van der Waals surface area contributed by atoms with Gasteiger partial charge in [0.25, 0.3) is 17.2 Å². The molecule has 0 spiro atoms. The second-order valence-corrected chi connectivity index (χ2v) is 8.14. The monoisotopic (exact) mass is 470 g/mol. The van der Waals surface area contributed by atoms with Gasteiger partial charge in [-0.15, -0.1) is 11.3 Å². The molecule has 0 unspecified atom stereocenters. The molecule has 0 aliphatic carbocycles. The molecule has 0 aliphatic rings. The number of hydrogen-bond acceptors (Lipinski definition) is 7. The first kappa shape index (κ1) is 21.4. The number of benzene rings is 1. The molecule has 2 N–H and O–H groups in total. The number of halogens is 1. The Kier molecular flexibility index (Phi) is 5.59. The molecule has 10 nitrogen and oxygen atoms in total. The summed E-state index contributed by atoms with van der Waals surface area (Å²) in [6, 6.07) is 9.10. The van der Waals surface area contributed by atoms with Gasteiger partial charge < -0.3 is 5.32 Å². The molecule has 0 atom stereocenters. The molecule has 3 heterocycles. The molecule has 4 rings (SSSR count).